The highest BCUT2D eigenvalue weighted by molar-refractivity contribution is 6.30. The van der Waals surface area contributed by atoms with Crippen LogP contribution in [0.15, 0.2) is 66.9 Å². The summed E-state index contributed by atoms with van der Waals surface area (Å²) in [7, 11) is 1.61. The Labute approximate surface area is 268 Å². The number of piperazine rings is 1. The van der Waals surface area contributed by atoms with E-state index in [4.69, 9.17) is 21.7 Å². The van der Waals surface area contributed by atoms with Gasteiger partial charge in [-0.3, -0.25) is 14.5 Å². The van der Waals surface area contributed by atoms with E-state index in [2.05, 4.69) is 29.0 Å². The minimum atomic E-state index is -0.885. The Morgan fingerprint density at radius 2 is 1.73 bits per heavy atom. The zero-order valence-corrected chi connectivity index (χ0v) is 26.7. The van der Waals surface area contributed by atoms with Crippen LogP contribution in [0.1, 0.15) is 54.0 Å². The molecule has 10 nitrogen and oxygen atoms in total. The monoisotopic (exact) mass is 629 g/mol. The van der Waals surface area contributed by atoms with Crippen molar-refractivity contribution >= 4 is 34.7 Å². The Hall–Kier alpha value is -3.99. The molecular weight excluding hydrogens is 590 g/mol. The molecule has 1 atom stereocenters. The van der Waals surface area contributed by atoms with Crippen molar-refractivity contribution in [2.45, 2.75) is 50.8 Å². The van der Waals surface area contributed by atoms with Gasteiger partial charge >= 0.3 is 0 Å². The summed E-state index contributed by atoms with van der Waals surface area (Å²) in [5, 5.41) is 19.5. The molecular formula is C34H40ClN7O3. The van der Waals surface area contributed by atoms with Crippen LogP contribution in [0.3, 0.4) is 0 Å². The highest BCUT2D eigenvalue weighted by Crippen LogP contribution is 2.36. The fourth-order valence-corrected chi connectivity index (χ4v) is 6.57. The van der Waals surface area contributed by atoms with Crippen molar-refractivity contribution in [2.75, 3.05) is 44.7 Å². The van der Waals surface area contributed by atoms with Gasteiger partial charge in [0.25, 0.3) is 5.91 Å². The lowest BCUT2D eigenvalue weighted by Gasteiger charge is -2.42. The van der Waals surface area contributed by atoms with Gasteiger partial charge in [0.05, 0.1) is 11.3 Å². The predicted octanol–water partition coefficient (Wildman–Crippen LogP) is 3.74. The first kappa shape index (κ1) is 31.0. The summed E-state index contributed by atoms with van der Waals surface area (Å²) in [4.78, 5) is 37.2. The molecule has 0 saturated carbocycles. The van der Waals surface area contributed by atoms with Crippen molar-refractivity contribution in [3.05, 3.63) is 94.4 Å². The topological polar surface area (TPSA) is 106 Å². The van der Waals surface area contributed by atoms with Crippen LogP contribution in [0.5, 0.6) is 0 Å². The maximum absolute atomic E-state index is 13.5. The minimum Gasteiger partial charge on any atom is -0.385 e. The third-order valence-electron chi connectivity index (χ3n) is 9.21. The molecule has 2 fully saturated rings. The number of nitrogens with zero attached hydrogens (tertiary/aromatic N) is 6. The second-order valence-corrected chi connectivity index (χ2v) is 12.7. The van der Waals surface area contributed by atoms with Gasteiger partial charge in [-0.2, -0.15) is 5.10 Å². The fourth-order valence-electron chi connectivity index (χ4n) is 6.45. The van der Waals surface area contributed by atoms with Crippen molar-refractivity contribution in [3.63, 3.8) is 0 Å². The summed E-state index contributed by atoms with van der Waals surface area (Å²) in [5.41, 5.74) is 3.31. The fraction of sp³-hybridized carbons (Fsp3) is 0.412. The van der Waals surface area contributed by atoms with Crippen LogP contribution in [-0.2, 0) is 16.8 Å². The quantitative estimate of drug-likeness (QED) is 0.321. The molecule has 4 heterocycles. The van der Waals surface area contributed by atoms with Crippen LogP contribution >= 0.6 is 11.6 Å². The Bertz CT molecular complexity index is 1660. The van der Waals surface area contributed by atoms with Gasteiger partial charge in [-0.05, 0) is 74.2 Å². The van der Waals surface area contributed by atoms with E-state index in [0.717, 1.165) is 29.0 Å². The van der Waals surface area contributed by atoms with Gasteiger partial charge in [0, 0.05) is 69.0 Å². The van der Waals surface area contributed by atoms with Crippen LogP contribution in [0.2, 0.25) is 5.02 Å². The summed E-state index contributed by atoms with van der Waals surface area (Å²) >= 11 is 6.05. The largest absolute Gasteiger partial charge is 0.385 e. The number of benzene rings is 2. The van der Waals surface area contributed by atoms with Crippen LogP contribution in [0.25, 0.3) is 5.65 Å². The summed E-state index contributed by atoms with van der Waals surface area (Å²) in [6, 6.07) is 18.8. The number of rotatable bonds is 7. The van der Waals surface area contributed by atoms with Crippen LogP contribution < -0.4 is 10.2 Å². The van der Waals surface area contributed by atoms with Gasteiger partial charge in [0.15, 0.2) is 11.5 Å². The van der Waals surface area contributed by atoms with Crippen LogP contribution in [0, 0.1) is 0 Å². The summed E-state index contributed by atoms with van der Waals surface area (Å²) in [5.74, 6) is 0.392. The van der Waals surface area contributed by atoms with Crippen molar-refractivity contribution in [3.8, 4) is 0 Å². The molecule has 45 heavy (non-hydrogen) atoms. The van der Waals surface area contributed by atoms with Gasteiger partial charge in [-0.25, -0.2) is 9.50 Å². The minimum absolute atomic E-state index is 0.140. The normalized spacial score (nSPS) is 18.8. The smallest absolute Gasteiger partial charge is 0.254 e. The number of aromatic nitrogens is 3. The van der Waals surface area contributed by atoms with Gasteiger partial charge in [-0.15, -0.1) is 0 Å². The molecule has 11 heteroatoms. The predicted molar refractivity (Wildman–Crippen MR) is 175 cm³/mol. The zero-order valence-electron chi connectivity index (χ0n) is 26.0. The number of hydrogen-bond acceptors (Lipinski definition) is 7. The SMILES string of the molecule is CNC(=O)C1CN(C(C)C)CCN1C(=O)c1ccc(Cc2nc3c(N4CCC(O)(c5ccc(Cl)cc5)CC4)cccn3n2)cc1. The van der Waals surface area contributed by atoms with Gasteiger partial charge in [0.2, 0.25) is 5.91 Å². The van der Waals surface area contributed by atoms with Gasteiger partial charge < -0.3 is 20.2 Å². The van der Waals surface area contributed by atoms with Gasteiger partial charge in [0.1, 0.15) is 6.04 Å². The lowest BCUT2D eigenvalue weighted by Crippen LogP contribution is -2.61. The molecule has 2 saturated heterocycles. The molecule has 2 amide bonds. The molecule has 236 valence electrons. The molecule has 6 rings (SSSR count). The number of carbonyl (C=O) groups is 2. The Kier molecular flexibility index (Phi) is 8.81. The van der Waals surface area contributed by atoms with Crippen molar-refractivity contribution in [1.82, 2.24) is 29.7 Å². The number of anilines is 1. The first-order chi connectivity index (χ1) is 21.6. The summed E-state index contributed by atoms with van der Waals surface area (Å²) in [6.45, 7) is 7.33. The molecule has 0 radical (unpaired) electrons. The number of hydrogen-bond donors (Lipinski definition) is 2. The van der Waals surface area contributed by atoms with E-state index in [1.54, 1.807) is 16.5 Å². The second-order valence-electron chi connectivity index (χ2n) is 12.3. The molecule has 2 aliphatic rings. The molecule has 2 aromatic heterocycles. The number of aliphatic hydroxyl groups is 1. The number of likely N-dealkylation sites (N-methyl/N-ethyl adjacent to an activating group) is 1. The third kappa shape index (κ3) is 6.40. The maximum atomic E-state index is 13.5. The van der Waals surface area contributed by atoms with E-state index < -0.39 is 11.6 Å². The maximum Gasteiger partial charge on any atom is 0.254 e. The van der Waals surface area contributed by atoms with E-state index in [9.17, 15) is 14.7 Å². The van der Waals surface area contributed by atoms with E-state index in [-0.39, 0.29) is 11.8 Å². The molecule has 4 aromatic rings. The number of carbonyl (C=O) groups excluding carboxylic acids is 2. The number of fused-ring (bicyclic) bond motifs is 1. The van der Waals surface area contributed by atoms with Crippen molar-refractivity contribution in [1.29, 1.82) is 0 Å². The number of nitrogens with one attached hydrogen (secondary N) is 1. The molecule has 2 aliphatic heterocycles. The first-order valence-electron chi connectivity index (χ1n) is 15.6. The molecule has 0 bridgehead atoms. The van der Waals surface area contributed by atoms with Gasteiger partial charge in [-0.1, -0.05) is 35.9 Å². The first-order valence-corrected chi connectivity index (χ1v) is 16.0. The zero-order chi connectivity index (χ0) is 31.7. The molecule has 2 aromatic carbocycles. The summed E-state index contributed by atoms with van der Waals surface area (Å²) < 4.78 is 1.80. The lowest BCUT2D eigenvalue weighted by atomic mass is 9.84. The average Bonchev–Trinajstić information content (AvgIpc) is 3.47. The standard InChI is InChI=1S/C34H40ClN7O3/c1-23(2)40-19-20-41(29(22-40)32(43)36-3)33(44)25-8-6-24(7-9-25)21-30-37-31-28(5-4-16-42(31)38-30)39-17-14-34(45,15-18-39)26-10-12-27(35)13-11-26/h4-13,16,23,29,45H,14-15,17-22H2,1-3H3,(H,36,43). The van der Waals surface area contributed by atoms with E-state index in [1.165, 1.54) is 0 Å². The number of pyridine rings is 1. The average molecular weight is 630 g/mol. The van der Waals surface area contributed by atoms with E-state index in [0.29, 0.717) is 67.9 Å². The number of amides is 2. The van der Waals surface area contributed by atoms with E-state index in [1.807, 2.05) is 66.9 Å². The second kappa shape index (κ2) is 12.8. The van der Waals surface area contributed by atoms with Crippen LogP contribution in [0.4, 0.5) is 5.69 Å². The Morgan fingerprint density at radius 3 is 2.40 bits per heavy atom. The number of halogens is 1. The molecule has 1 unspecified atom stereocenters. The molecule has 0 aliphatic carbocycles. The third-order valence-corrected chi connectivity index (χ3v) is 9.47. The highest BCUT2D eigenvalue weighted by atomic mass is 35.5. The van der Waals surface area contributed by atoms with Crippen molar-refractivity contribution < 1.29 is 14.7 Å². The van der Waals surface area contributed by atoms with E-state index >= 15 is 0 Å². The van der Waals surface area contributed by atoms with Crippen LogP contribution in [-0.4, -0.2) is 93.2 Å². The number of piperidine rings is 1. The molecule has 2 N–H and O–H groups in total. The Morgan fingerprint density at radius 1 is 1.02 bits per heavy atom. The Balaban J connectivity index is 1.13. The highest BCUT2D eigenvalue weighted by Gasteiger charge is 2.36. The lowest BCUT2D eigenvalue weighted by molar-refractivity contribution is -0.127. The summed E-state index contributed by atoms with van der Waals surface area (Å²) in [6.07, 6.45) is 3.60. The molecule has 0 spiro atoms. The van der Waals surface area contributed by atoms with Crippen molar-refractivity contribution in [2.24, 2.45) is 0 Å².